The molecule has 0 aliphatic carbocycles. The van der Waals surface area contributed by atoms with Gasteiger partial charge in [0, 0.05) is 36.1 Å². The van der Waals surface area contributed by atoms with Gasteiger partial charge in [-0.2, -0.15) is 23.4 Å². The number of H-pyrrole nitrogens is 2. The highest BCUT2D eigenvalue weighted by Crippen LogP contribution is 2.41. The molecule has 4 heterocycles. The third kappa shape index (κ3) is 2.79. The first-order valence-corrected chi connectivity index (χ1v) is 9.47. The van der Waals surface area contributed by atoms with Crippen LogP contribution in [0.2, 0.25) is 0 Å². The van der Waals surface area contributed by atoms with Crippen LogP contribution in [0.3, 0.4) is 0 Å². The molecule has 0 fully saturated rings. The van der Waals surface area contributed by atoms with Crippen molar-refractivity contribution in [2.75, 3.05) is 6.54 Å². The first-order chi connectivity index (χ1) is 13.8. The number of pyridine rings is 1. The van der Waals surface area contributed by atoms with E-state index in [1.54, 1.807) is 6.20 Å². The summed E-state index contributed by atoms with van der Waals surface area (Å²) in [4.78, 5) is 6.95. The number of fused-ring (bicyclic) bond motifs is 5. The largest absolute Gasteiger partial charge is 0.435 e. The standard InChI is InChI=1S/C20H19F3N6/c1-10(2)29-6-5-11-14(9-29)18(13-8-25-28-19(13)20(21,22)23)26-16-4-3-15-12(17(11)16)7-24-27-15/h3-4,7-8,10H,5-6,9H2,1-2H3,(H,24,27)(H,25,28). The van der Waals surface area contributed by atoms with Crippen molar-refractivity contribution in [2.45, 2.75) is 39.0 Å². The summed E-state index contributed by atoms with van der Waals surface area (Å²) in [6.45, 7) is 5.57. The number of hydrogen-bond acceptors (Lipinski definition) is 4. The number of halogens is 3. The molecule has 0 amide bonds. The maximum atomic E-state index is 13.6. The van der Waals surface area contributed by atoms with Gasteiger partial charge in [0.05, 0.1) is 28.5 Å². The summed E-state index contributed by atoms with van der Waals surface area (Å²) in [5.41, 5.74) is 2.84. The fourth-order valence-corrected chi connectivity index (χ4v) is 4.23. The Morgan fingerprint density at radius 1 is 1.17 bits per heavy atom. The minimum atomic E-state index is -4.56. The molecule has 0 radical (unpaired) electrons. The van der Waals surface area contributed by atoms with Crippen LogP contribution in [0, 0.1) is 0 Å². The molecule has 4 aromatic rings. The zero-order valence-corrected chi connectivity index (χ0v) is 15.9. The van der Waals surface area contributed by atoms with Gasteiger partial charge >= 0.3 is 6.18 Å². The van der Waals surface area contributed by atoms with Crippen LogP contribution in [0.4, 0.5) is 13.2 Å². The summed E-state index contributed by atoms with van der Waals surface area (Å²) in [6, 6.07) is 3.97. The Morgan fingerprint density at radius 2 is 2.00 bits per heavy atom. The molecule has 0 bridgehead atoms. The van der Waals surface area contributed by atoms with Gasteiger partial charge in [0.1, 0.15) is 0 Å². The maximum Gasteiger partial charge on any atom is 0.435 e. The Bertz CT molecular complexity index is 1220. The molecule has 0 spiro atoms. The average Bonchev–Trinajstić information content (AvgIpc) is 3.35. The van der Waals surface area contributed by atoms with Gasteiger partial charge in [0.2, 0.25) is 0 Å². The highest BCUT2D eigenvalue weighted by molar-refractivity contribution is 6.07. The number of nitrogens with one attached hydrogen (secondary N) is 2. The molecule has 29 heavy (non-hydrogen) atoms. The van der Waals surface area contributed by atoms with Gasteiger partial charge in [-0.05, 0) is 43.5 Å². The molecule has 1 aliphatic rings. The predicted octanol–water partition coefficient (Wildman–Crippen LogP) is 4.29. The number of rotatable bonds is 2. The van der Waals surface area contributed by atoms with Crippen LogP contribution in [0.1, 0.15) is 30.7 Å². The summed E-state index contributed by atoms with van der Waals surface area (Å²) in [7, 11) is 0. The minimum Gasteiger partial charge on any atom is -0.296 e. The van der Waals surface area contributed by atoms with Crippen molar-refractivity contribution in [3.05, 3.63) is 41.3 Å². The number of benzene rings is 1. The molecule has 2 N–H and O–H groups in total. The SMILES string of the molecule is CC(C)N1CCc2c(c(-c3c[nH]nc3C(F)(F)F)nc3ccc4[nH]ncc4c23)C1. The zero-order chi connectivity index (χ0) is 20.3. The Kier molecular flexibility index (Phi) is 3.92. The lowest BCUT2D eigenvalue weighted by Gasteiger charge is -2.33. The number of aromatic nitrogens is 5. The van der Waals surface area contributed by atoms with Crippen molar-refractivity contribution in [1.82, 2.24) is 30.3 Å². The summed E-state index contributed by atoms with van der Waals surface area (Å²) < 4.78 is 40.7. The van der Waals surface area contributed by atoms with Crippen molar-refractivity contribution >= 4 is 21.8 Å². The van der Waals surface area contributed by atoms with E-state index < -0.39 is 11.9 Å². The lowest BCUT2D eigenvalue weighted by atomic mass is 9.90. The smallest absolute Gasteiger partial charge is 0.296 e. The van der Waals surface area contributed by atoms with E-state index in [9.17, 15) is 13.2 Å². The topological polar surface area (TPSA) is 73.5 Å². The van der Waals surface area contributed by atoms with Crippen LogP contribution < -0.4 is 0 Å². The van der Waals surface area contributed by atoms with E-state index in [2.05, 4.69) is 39.1 Å². The van der Waals surface area contributed by atoms with Crippen LogP contribution >= 0.6 is 0 Å². The summed E-state index contributed by atoms with van der Waals surface area (Å²) in [5, 5.41) is 14.9. The first kappa shape index (κ1) is 18.1. The minimum absolute atomic E-state index is 0.00598. The van der Waals surface area contributed by atoms with Crippen LogP contribution in [0.5, 0.6) is 0 Å². The molecule has 1 aromatic carbocycles. The van der Waals surface area contributed by atoms with Crippen molar-refractivity contribution in [3.8, 4) is 11.3 Å². The van der Waals surface area contributed by atoms with Gasteiger partial charge in [-0.15, -0.1) is 0 Å². The van der Waals surface area contributed by atoms with Crippen LogP contribution in [0.15, 0.2) is 24.5 Å². The maximum absolute atomic E-state index is 13.6. The highest BCUT2D eigenvalue weighted by atomic mass is 19.4. The molecule has 3 aromatic heterocycles. The molecule has 0 saturated carbocycles. The molecular formula is C20H19F3N6. The lowest BCUT2D eigenvalue weighted by molar-refractivity contribution is -0.140. The third-order valence-corrected chi connectivity index (χ3v) is 5.69. The van der Waals surface area contributed by atoms with Crippen LogP contribution in [0.25, 0.3) is 33.1 Å². The number of aromatic amines is 2. The van der Waals surface area contributed by atoms with E-state index in [-0.39, 0.29) is 11.6 Å². The van der Waals surface area contributed by atoms with Gasteiger partial charge in [0.25, 0.3) is 0 Å². The van der Waals surface area contributed by atoms with Gasteiger partial charge < -0.3 is 0 Å². The van der Waals surface area contributed by atoms with Gasteiger partial charge in [-0.1, -0.05) is 0 Å². The Balaban J connectivity index is 1.84. The molecule has 150 valence electrons. The fraction of sp³-hybridized carbons (Fsp3) is 0.350. The molecule has 6 nitrogen and oxygen atoms in total. The second-order valence-corrected chi connectivity index (χ2v) is 7.67. The third-order valence-electron chi connectivity index (χ3n) is 5.69. The lowest BCUT2D eigenvalue weighted by Crippen LogP contribution is -2.36. The summed E-state index contributed by atoms with van der Waals surface area (Å²) in [6.07, 6.45) is -0.766. The molecule has 9 heteroatoms. The van der Waals surface area contributed by atoms with E-state index in [4.69, 9.17) is 4.98 Å². The summed E-state index contributed by atoms with van der Waals surface area (Å²) >= 11 is 0. The Hall–Kier alpha value is -2.94. The van der Waals surface area contributed by atoms with Crippen molar-refractivity contribution in [3.63, 3.8) is 0 Å². The van der Waals surface area contributed by atoms with E-state index in [0.717, 1.165) is 40.4 Å². The predicted molar refractivity (Wildman–Crippen MR) is 103 cm³/mol. The second kappa shape index (κ2) is 6.28. The van der Waals surface area contributed by atoms with Crippen molar-refractivity contribution in [2.24, 2.45) is 0 Å². The van der Waals surface area contributed by atoms with Gasteiger partial charge in [-0.3, -0.25) is 15.1 Å². The molecule has 1 aliphatic heterocycles. The van der Waals surface area contributed by atoms with Gasteiger partial charge in [0.15, 0.2) is 5.69 Å². The van der Waals surface area contributed by atoms with Crippen LogP contribution in [-0.4, -0.2) is 42.9 Å². The van der Waals surface area contributed by atoms with Crippen molar-refractivity contribution < 1.29 is 13.2 Å². The zero-order valence-electron chi connectivity index (χ0n) is 15.9. The van der Waals surface area contributed by atoms with Crippen molar-refractivity contribution in [1.29, 1.82) is 0 Å². The highest BCUT2D eigenvalue weighted by Gasteiger charge is 2.38. The monoisotopic (exact) mass is 400 g/mol. The molecule has 0 saturated heterocycles. The number of alkyl halides is 3. The Morgan fingerprint density at radius 3 is 2.76 bits per heavy atom. The normalized spacial score (nSPS) is 15.5. The van der Waals surface area contributed by atoms with E-state index >= 15 is 0 Å². The first-order valence-electron chi connectivity index (χ1n) is 9.47. The van der Waals surface area contributed by atoms with Gasteiger partial charge in [-0.25, -0.2) is 4.98 Å². The van der Waals surface area contributed by atoms with E-state index in [1.165, 1.54) is 6.20 Å². The number of nitrogens with zero attached hydrogens (tertiary/aromatic N) is 4. The quantitative estimate of drug-likeness (QED) is 0.527. The van der Waals surface area contributed by atoms with E-state index in [0.29, 0.717) is 17.8 Å². The molecular weight excluding hydrogens is 381 g/mol. The van der Waals surface area contributed by atoms with E-state index in [1.807, 2.05) is 12.1 Å². The molecule has 0 unspecified atom stereocenters. The Labute approximate surface area is 164 Å². The molecule has 0 atom stereocenters. The fourth-order valence-electron chi connectivity index (χ4n) is 4.23. The van der Waals surface area contributed by atoms with Crippen LogP contribution in [-0.2, 0) is 19.1 Å². The number of hydrogen-bond donors (Lipinski definition) is 2. The average molecular weight is 400 g/mol. The second-order valence-electron chi connectivity index (χ2n) is 7.67. The summed E-state index contributed by atoms with van der Waals surface area (Å²) in [5.74, 6) is 0. The molecule has 5 rings (SSSR count).